The van der Waals surface area contributed by atoms with Crippen molar-refractivity contribution in [2.45, 2.75) is 366 Å². The zero-order chi connectivity index (χ0) is 55.5. The van der Waals surface area contributed by atoms with E-state index < -0.39 is 12.1 Å². The Labute approximate surface area is 481 Å². The first-order valence-corrected chi connectivity index (χ1v) is 34.3. The zero-order valence-electron chi connectivity index (χ0n) is 51.7. The van der Waals surface area contributed by atoms with Crippen molar-refractivity contribution in [2.24, 2.45) is 0 Å². The fraction of sp³-hybridized carbons (Fsp3) is 0.795. The summed E-state index contributed by atoms with van der Waals surface area (Å²) < 4.78 is 0. The van der Waals surface area contributed by atoms with Crippen LogP contribution in [0.2, 0.25) is 0 Å². The summed E-state index contributed by atoms with van der Waals surface area (Å²) in [6.45, 7) is 4.21. The smallest absolute Gasteiger partial charge is 0.220 e. The minimum absolute atomic E-state index is 0.0728. The van der Waals surface area contributed by atoms with Crippen LogP contribution < -0.4 is 5.32 Å². The van der Waals surface area contributed by atoms with Crippen LogP contribution in [0.15, 0.2) is 85.1 Å². The minimum Gasteiger partial charge on any atom is -0.394 e. The minimum atomic E-state index is -0.873. The maximum absolute atomic E-state index is 12.5. The molecule has 1 amide bonds. The van der Waals surface area contributed by atoms with Crippen LogP contribution >= 0.6 is 0 Å². The zero-order valence-corrected chi connectivity index (χ0v) is 51.7. The molecule has 448 valence electrons. The molecule has 0 rings (SSSR count). The summed E-state index contributed by atoms with van der Waals surface area (Å²) in [4.78, 5) is 12.5. The number of hydrogen-bond donors (Lipinski definition) is 3. The highest BCUT2D eigenvalue weighted by molar-refractivity contribution is 5.76. The van der Waals surface area contributed by atoms with Crippen molar-refractivity contribution < 1.29 is 15.0 Å². The normalized spacial score (nSPS) is 13.2. The molecule has 2 atom stereocenters. The van der Waals surface area contributed by atoms with E-state index in [-0.39, 0.29) is 12.5 Å². The fourth-order valence-electron chi connectivity index (χ4n) is 10.4. The SMILES string of the molecule is CC/C=C\C/C=C\C/C=C\C/C=C\CCCCCCCCCCCCCCCCCCCCCCCCCCCCC(=O)NC(CO)C(O)/C=C/CC/C=C/CC/C=C/CCCCCCCCCCCCCCCCCC. The third-order valence-electron chi connectivity index (χ3n) is 15.6. The summed E-state index contributed by atoms with van der Waals surface area (Å²) in [5.74, 6) is -0.0728. The molecule has 0 aromatic carbocycles. The predicted octanol–water partition coefficient (Wildman–Crippen LogP) is 23.4. The van der Waals surface area contributed by atoms with E-state index in [9.17, 15) is 15.0 Å². The summed E-state index contributed by atoms with van der Waals surface area (Å²) in [6.07, 6.45) is 99.6. The molecule has 0 aliphatic rings. The van der Waals surface area contributed by atoms with Crippen molar-refractivity contribution in [3.63, 3.8) is 0 Å². The Hall–Kier alpha value is -2.43. The van der Waals surface area contributed by atoms with Crippen LogP contribution in [-0.4, -0.2) is 34.9 Å². The molecule has 0 spiro atoms. The van der Waals surface area contributed by atoms with Gasteiger partial charge in [-0.05, 0) is 83.5 Å². The van der Waals surface area contributed by atoms with Gasteiger partial charge in [0.1, 0.15) is 0 Å². The average Bonchev–Trinajstić information content (AvgIpc) is 3.43. The lowest BCUT2D eigenvalue weighted by atomic mass is 10.0. The number of hydrogen-bond acceptors (Lipinski definition) is 3. The van der Waals surface area contributed by atoms with Gasteiger partial charge in [-0.25, -0.2) is 0 Å². The molecular formula is C73H133NO3. The van der Waals surface area contributed by atoms with Crippen molar-refractivity contribution in [2.75, 3.05) is 6.61 Å². The van der Waals surface area contributed by atoms with Crippen LogP contribution in [0.1, 0.15) is 354 Å². The van der Waals surface area contributed by atoms with E-state index in [1.807, 2.05) is 6.08 Å². The summed E-state index contributed by atoms with van der Waals surface area (Å²) in [5.41, 5.74) is 0. The van der Waals surface area contributed by atoms with E-state index in [0.717, 1.165) is 64.2 Å². The molecule has 4 nitrogen and oxygen atoms in total. The van der Waals surface area contributed by atoms with E-state index in [1.165, 1.54) is 270 Å². The molecule has 0 aromatic rings. The monoisotopic (exact) mass is 1070 g/mol. The Bertz CT molecular complexity index is 1360. The first kappa shape index (κ1) is 74.6. The van der Waals surface area contributed by atoms with Gasteiger partial charge in [0, 0.05) is 6.42 Å². The molecule has 0 saturated heterocycles. The van der Waals surface area contributed by atoms with Gasteiger partial charge < -0.3 is 15.5 Å². The van der Waals surface area contributed by atoms with E-state index in [0.29, 0.717) is 6.42 Å². The number of allylic oxidation sites excluding steroid dienone is 13. The van der Waals surface area contributed by atoms with Crippen LogP contribution in [0.25, 0.3) is 0 Å². The molecule has 3 N–H and O–H groups in total. The van der Waals surface area contributed by atoms with E-state index in [2.05, 4.69) is 92.1 Å². The largest absolute Gasteiger partial charge is 0.394 e. The van der Waals surface area contributed by atoms with Gasteiger partial charge in [-0.3, -0.25) is 4.79 Å². The number of aliphatic hydroxyl groups excluding tert-OH is 2. The number of carbonyl (C=O) groups excluding carboxylic acids is 1. The number of amides is 1. The summed E-state index contributed by atoms with van der Waals surface area (Å²) in [7, 11) is 0. The fourth-order valence-corrected chi connectivity index (χ4v) is 10.4. The molecule has 0 aromatic heterocycles. The lowest BCUT2D eigenvalue weighted by Gasteiger charge is -2.19. The van der Waals surface area contributed by atoms with Crippen molar-refractivity contribution in [3.8, 4) is 0 Å². The highest BCUT2D eigenvalue weighted by Crippen LogP contribution is 2.18. The molecular weight excluding hydrogens is 939 g/mol. The van der Waals surface area contributed by atoms with Crippen molar-refractivity contribution in [1.82, 2.24) is 5.32 Å². The van der Waals surface area contributed by atoms with Crippen LogP contribution in [0.4, 0.5) is 0 Å². The standard InChI is InChI=1S/C73H133NO3/c1-3-5-7-9-11-13-15-17-19-21-23-25-27-29-31-32-33-34-35-36-37-38-39-40-41-42-43-45-47-49-51-53-55-57-59-61-63-65-67-69-73(77)74-71(70-75)72(76)68-66-64-62-60-58-56-54-52-50-48-46-44-30-28-26-24-22-20-18-16-14-12-10-8-6-4-2/h5,7,11,13,17,19,23,25,50,52,58,60,66,68,71-72,75-76H,3-4,6,8-10,12,14-16,18,20-22,24,26-49,51,53-57,59,61-65,67,69-70H2,1-2H3,(H,74,77)/b7-5-,13-11-,19-17-,25-23-,52-50+,60-58+,68-66+. The molecule has 0 saturated carbocycles. The van der Waals surface area contributed by atoms with Crippen LogP contribution in [0.3, 0.4) is 0 Å². The molecule has 77 heavy (non-hydrogen) atoms. The van der Waals surface area contributed by atoms with Crippen LogP contribution in [0, 0.1) is 0 Å². The molecule has 0 aliphatic heterocycles. The molecule has 0 bridgehead atoms. The average molecular weight is 1070 g/mol. The molecule has 4 heteroatoms. The van der Waals surface area contributed by atoms with Crippen LogP contribution in [0.5, 0.6) is 0 Å². The Morgan fingerprint density at radius 2 is 0.584 bits per heavy atom. The first-order chi connectivity index (χ1) is 38.2. The topological polar surface area (TPSA) is 69.6 Å². The second-order valence-electron chi connectivity index (χ2n) is 23.2. The van der Waals surface area contributed by atoms with E-state index in [4.69, 9.17) is 0 Å². The lowest BCUT2D eigenvalue weighted by Crippen LogP contribution is -2.45. The quantitative estimate of drug-likeness (QED) is 0.0420. The number of nitrogens with one attached hydrogen (secondary N) is 1. The maximum atomic E-state index is 12.5. The van der Waals surface area contributed by atoms with Gasteiger partial charge in [-0.15, -0.1) is 0 Å². The molecule has 2 unspecified atom stereocenters. The third-order valence-corrected chi connectivity index (χ3v) is 15.6. The van der Waals surface area contributed by atoms with Gasteiger partial charge in [0.25, 0.3) is 0 Å². The van der Waals surface area contributed by atoms with Gasteiger partial charge in [-0.2, -0.15) is 0 Å². The predicted molar refractivity (Wildman–Crippen MR) is 345 cm³/mol. The number of unbranched alkanes of at least 4 members (excludes halogenated alkanes) is 44. The number of rotatable bonds is 63. The summed E-state index contributed by atoms with van der Waals surface area (Å²) in [5, 5.41) is 23.2. The summed E-state index contributed by atoms with van der Waals surface area (Å²) in [6, 6.07) is -0.648. The maximum Gasteiger partial charge on any atom is 0.220 e. The highest BCUT2D eigenvalue weighted by atomic mass is 16.3. The third kappa shape index (κ3) is 64.3. The Balaban J connectivity index is 3.46. The first-order valence-electron chi connectivity index (χ1n) is 34.3. The Kier molecular flexibility index (Phi) is 65.7. The highest BCUT2D eigenvalue weighted by Gasteiger charge is 2.18. The van der Waals surface area contributed by atoms with Crippen molar-refractivity contribution in [3.05, 3.63) is 85.1 Å². The molecule has 0 fully saturated rings. The number of carbonyl (C=O) groups is 1. The van der Waals surface area contributed by atoms with Gasteiger partial charge in [-0.1, -0.05) is 349 Å². The van der Waals surface area contributed by atoms with Crippen molar-refractivity contribution >= 4 is 5.91 Å². The second kappa shape index (κ2) is 67.8. The van der Waals surface area contributed by atoms with Gasteiger partial charge in [0.2, 0.25) is 5.91 Å². The Morgan fingerprint density at radius 3 is 0.909 bits per heavy atom. The van der Waals surface area contributed by atoms with E-state index in [1.54, 1.807) is 6.08 Å². The molecule has 0 radical (unpaired) electrons. The lowest BCUT2D eigenvalue weighted by molar-refractivity contribution is -0.123. The van der Waals surface area contributed by atoms with E-state index >= 15 is 0 Å². The molecule has 0 aliphatic carbocycles. The second-order valence-corrected chi connectivity index (χ2v) is 23.2. The van der Waals surface area contributed by atoms with Gasteiger partial charge in [0.05, 0.1) is 18.8 Å². The van der Waals surface area contributed by atoms with Crippen LogP contribution in [-0.2, 0) is 4.79 Å². The molecule has 0 heterocycles. The Morgan fingerprint density at radius 1 is 0.325 bits per heavy atom. The van der Waals surface area contributed by atoms with Gasteiger partial charge >= 0.3 is 0 Å². The summed E-state index contributed by atoms with van der Waals surface area (Å²) >= 11 is 0. The number of aliphatic hydroxyl groups is 2. The van der Waals surface area contributed by atoms with Gasteiger partial charge in [0.15, 0.2) is 0 Å². The van der Waals surface area contributed by atoms with Crippen molar-refractivity contribution in [1.29, 1.82) is 0 Å².